The summed E-state index contributed by atoms with van der Waals surface area (Å²) in [5.74, 6) is -0.302. The van der Waals surface area contributed by atoms with Crippen molar-refractivity contribution in [3.8, 4) is 11.3 Å². The topological polar surface area (TPSA) is 121 Å². The molecule has 1 amide bonds. The van der Waals surface area contributed by atoms with Crippen LogP contribution in [0.15, 0.2) is 60.8 Å². The van der Waals surface area contributed by atoms with Crippen molar-refractivity contribution >= 4 is 28.4 Å². The fraction of sp³-hybridized carbons (Fsp3) is 0.0556. The fourth-order valence-electron chi connectivity index (χ4n) is 2.33. The Kier molecular flexibility index (Phi) is 5.35. The second kappa shape index (κ2) is 7.85. The number of hydrogen-bond acceptors (Lipinski definition) is 6. The van der Waals surface area contributed by atoms with Crippen molar-refractivity contribution in [2.45, 2.75) is 5.75 Å². The molecule has 1 atom stereocenters. The summed E-state index contributed by atoms with van der Waals surface area (Å²) in [6.07, 6.45) is 1.50. The van der Waals surface area contributed by atoms with Gasteiger partial charge in [-0.2, -0.15) is 0 Å². The second-order valence-corrected chi connectivity index (χ2v) is 6.32. The minimum Gasteiger partial charge on any atom is -0.772 e. The third-order valence-electron chi connectivity index (χ3n) is 3.60. The lowest BCUT2D eigenvalue weighted by Gasteiger charge is -2.09. The Hall–Kier alpha value is -3.10. The van der Waals surface area contributed by atoms with E-state index in [1.165, 1.54) is 6.20 Å². The van der Waals surface area contributed by atoms with Crippen molar-refractivity contribution in [2.75, 3.05) is 11.1 Å². The number of anilines is 2. The van der Waals surface area contributed by atoms with Gasteiger partial charge in [0.05, 0.1) is 22.8 Å². The molecular weight excluding hydrogens is 352 g/mol. The number of aromatic nitrogens is 2. The largest absolute Gasteiger partial charge is 0.772 e. The standard InChI is InChI=1S/C18H16N4O3S/c19-14-3-1-2-4-16(14)22-18(23)13-7-5-12(6-8-13)15-9-10-20-17(21-15)11-26(24)25/h1-10H,11,19H2,(H,22,23)(H,24,25)/p-1. The zero-order chi connectivity index (χ0) is 18.5. The summed E-state index contributed by atoms with van der Waals surface area (Å²) in [5.41, 5.74) is 8.66. The second-order valence-electron chi connectivity index (χ2n) is 5.42. The number of rotatable bonds is 5. The highest BCUT2D eigenvalue weighted by Gasteiger charge is 2.09. The lowest BCUT2D eigenvalue weighted by atomic mass is 10.1. The third-order valence-corrected chi connectivity index (χ3v) is 4.10. The van der Waals surface area contributed by atoms with E-state index < -0.39 is 11.1 Å². The molecule has 0 radical (unpaired) electrons. The first-order valence-corrected chi connectivity index (χ1v) is 8.91. The van der Waals surface area contributed by atoms with Crippen LogP contribution in [0.1, 0.15) is 16.2 Å². The van der Waals surface area contributed by atoms with Gasteiger partial charge in [-0.1, -0.05) is 24.3 Å². The average molecular weight is 367 g/mol. The molecule has 8 heteroatoms. The lowest BCUT2D eigenvalue weighted by molar-refractivity contribution is 0.102. The maximum absolute atomic E-state index is 12.3. The molecule has 132 valence electrons. The summed E-state index contributed by atoms with van der Waals surface area (Å²) in [4.78, 5) is 20.5. The van der Waals surface area contributed by atoms with Gasteiger partial charge in [0.1, 0.15) is 5.82 Å². The van der Waals surface area contributed by atoms with Gasteiger partial charge >= 0.3 is 0 Å². The number of hydrogen-bond donors (Lipinski definition) is 2. The first kappa shape index (κ1) is 17.7. The van der Waals surface area contributed by atoms with Crippen LogP contribution >= 0.6 is 0 Å². The number of carbonyl (C=O) groups is 1. The number of nitrogen functional groups attached to an aromatic ring is 1. The van der Waals surface area contributed by atoms with Crippen molar-refractivity contribution in [1.82, 2.24) is 9.97 Å². The Morgan fingerprint density at radius 3 is 2.54 bits per heavy atom. The minimum atomic E-state index is -2.25. The molecule has 0 saturated carbocycles. The number of benzene rings is 2. The van der Waals surface area contributed by atoms with Crippen LogP contribution in [0.3, 0.4) is 0 Å². The fourth-order valence-corrected chi connectivity index (χ4v) is 2.68. The van der Waals surface area contributed by atoms with Crippen LogP contribution in [0.5, 0.6) is 0 Å². The highest BCUT2D eigenvalue weighted by Crippen LogP contribution is 2.20. The number of para-hydroxylation sites is 2. The van der Waals surface area contributed by atoms with Crippen LogP contribution in [0.2, 0.25) is 0 Å². The molecule has 3 rings (SSSR count). The van der Waals surface area contributed by atoms with Crippen LogP contribution in [0.25, 0.3) is 11.3 Å². The molecule has 0 aliphatic carbocycles. The van der Waals surface area contributed by atoms with E-state index in [1.54, 1.807) is 54.6 Å². The molecule has 0 fully saturated rings. The summed E-state index contributed by atoms with van der Waals surface area (Å²) in [7, 11) is 0. The number of nitrogens with zero attached hydrogens (tertiary/aromatic N) is 2. The molecule has 7 nitrogen and oxygen atoms in total. The monoisotopic (exact) mass is 367 g/mol. The first-order chi connectivity index (χ1) is 12.5. The quantitative estimate of drug-likeness (QED) is 0.527. The zero-order valence-electron chi connectivity index (χ0n) is 13.6. The Bertz CT molecular complexity index is 961. The Labute approximate surface area is 152 Å². The van der Waals surface area contributed by atoms with Gasteiger partial charge in [-0.05, 0) is 41.4 Å². The van der Waals surface area contributed by atoms with Gasteiger partial charge in [0.2, 0.25) is 0 Å². The van der Waals surface area contributed by atoms with E-state index >= 15 is 0 Å². The molecule has 0 saturated heterocycles. The smallest absolute Gasteiger partial charge is 0.255 e. The molecule has 1 heterocycles. The first-order valence-electron chi connectivity index (χ1n) is 7.67. The van der Waals surface area contributed by atoms with Crippen LogP contribution in [0.4, 0.5) is 11.4 Å². The normalized spacial score (nSPS) is 11.7. The summed E-state index contributed by atoms with van der Waals surface area (Å²) >= 11 is -2.25. The third kappa shape index (κ3) is 4.29. The highest BCUT2D eigenvalue weighted by atomic mass is 32.2. The van der Waals surface area contributed by atoms with E-state index in [2.05, 4.69) is 15.3 Å². The molecule has 1 aromatic heterocycles. The SMILES string of the molecule is Nc1ccccc1NC(=O)c1ccc(-c2ccnc(CS(=O)[O-])n2)cc1. The van der Waals surface area contributed by atoms with Gasteiger partial charge in [0.25, 0.3) is 5.91 Å². The zero-order valence-corrected chi connectivity index (χ0v) is 14.4. The van der Waals surface area contributed by atoms with E-state index in [4.69, 9.17) is 5.73 Å². The van der Waals surface area contributed by atoms with Gasteiger partial charge in [-0.15, -0.1) is 0 Å². The number of amides is 1. The van der Waals surface area contributed by atoms with Crippen molar-refractivity contribution in [3.05, 3.63) is 72.2 Å². The molecule has 2 aromatic carbocycles. The van der Waals surface area contributed by atoms with Gasteiger partial charge in [0, 0.05) is 17.3 Å². The van der Waals surface area contributed by atoms with E-state index in [-0.39, 0.29) is 17.5 Å². The van der Waals surface area contributed by atoms with Gasteiger partial charge < -0.3 is 15.6 Å². The van der Waals surface area contributed by atoms with Gasteiger partial charge in [0.15, 0.2) is 0 Å². The highest BCUT2D eigenvalue weighted by molar-refractivity contribution is 7.78. The maximum atomic E-state index is 12.3. The van der Waals surface area contributed by atoms with E-state index in [0.29, 0.717) is 22.6 Å². The van der Waals surface area contributed by atoms with Crippen molar-refractivity contribution in [3.63, 3.8) is 0 Å². The summed E-state index contributed by atoms with van der Waals surface area (Å²) in [6, 6.07) is 15.5. The molecule has 0 aliphatic rings. The van der Waals surface area contributed by atoms with E-state index in [0.717, 1.165) is 5.56 Å². The van der Waals surface area contributed by atoms with Crippen LogP contribution in [-0.2, 0) is 16.8 Å². The predicted octanol–water partition coefficient (Wildman–Crippen LogP) is 2.36. The molecule has 1 unspecified atom stereocenters. The van der Waals surface area contributed by atoms with E-state index in [9.17, 15) is 13.6 Å². The minimum absolute atomic E-state index is 0.220. The van der Waals surface area contributed by atoms with Crippen LogP contribution in [-0.4, -0.2) is 24.6 Å². The van der Waals surface area contributed by atoms with Crippen LogP contribution < -0.4 is 11.1 Å². The van der Waals surface area contributed by atoms with Crippen molar-refractivity contribution in [1.29, 1.82) is 0 Å². The molecule has 0 bridgehead atoms. The molecule has 3 N–H and O–H groups in total. The number of carbonyl (C=O) groups excluding carboxylic acids is 1. The van der Waals surface area contributed by atoms with Crippen molar-refractivity contribution in [2.24, 2.45) is 0 Å². The molecule has 26 heavy (non-hydrogen) atoms. The number of nitrogens with one attached hydrogen (secondary N) is 1. The molecule has 3 aromatic rings. The van der Waals surface area contributed by atoms with Crippen molar-refractivity contribution < 1.29 is 13.6 Å². The van der Waals surface area contributed by atoms with E-state index in [1.807, 2.05) is 0 Å². The summed E-state index contributed by atoms with van der Waals surface area (Å²) in [5, 5.41) is 2.76. The Balaban J connectivity index is 1.77. The summed E-state index contributed by atoms with van der Waals surface area (Å²) in [6.45, 7) is 0. The molecular formula is C18H15N4O3S-. The average Bonchev–Trinajstić information content (AvgIpc) is 2.63. The Morgan fingerprint density at radius 1 is 1.12 bits per heavy atom. The van der Waals surface area contributed by atoms with Gasteiger partial charge in [-0.25, -0.2) is 9.97 Å². The Morgan fingerprint density at radius 2 is 1.85 bits per heavy atom. The lowest BCUT2D eigenvalue weighted by Crippen LogP contribution is -2.13. The van der Waals surface area contributed by atoms with Gasteiger partial charge in [-0.3, -0.25) is 9.00 Å². The molecule has 0 aliphatic heterocycles. The maximum Gasteiger partial charge on any atom is 0.255 e. The molecule has 0 spiro atoms. The number of nitrogens with two attached hydrogens (primary N) is 1. The summed E-state index contributed by atoms with van der Waals surface area (Å²) < 4.78 is 21.6. The van der Waals surface area contributed by atoms with Crippen LogP contribution in [0, 0.1) is 0 Å². The predicted molar refractivity (Wildman–Crippen MR) is 98.9 cm³/mol.